The molecule has 0 bridgehead atoms. The van der Waals surface area contributed by atoms with E-state index in [1.165, 1.54) is 188 Å². The van der Waals surface area contributed by atoms with E-state index in [9.17, 15) is 0 Å². The number of anilines is 14. The molecule has 10 aliphatic rings. The van der Waals surface area contributed by atoms with Gasteiger partial charge in [0.25, 0.3) is 13.4 Å². The number of rotatable bonds is 0. The third-order valence-corrected chi connectivity index (χ3v) is 20.6. The largest absolute Gasteiger partial charge is 0.356 e. The van der Waals surface area contributed by atoms with E-state index in [0.717, 1.165) is 12.9 Å². The van der Waals surface area contributed by atoms with Gasteiger partial charge in [-0.15, -0.1) is 0 Å². The number of benzene rings is 12. The predicted octanol–water partition coefficient (Wildman–Crippen LogP) is 5.02. The van der Waals surface area contributed by atoms with Gasteiger partial charge in [-0.3, -0.25) is 0 Å². The summed E-state index contributed by atoms with van der Waals surface area (Å²) in [4.78, 5) is 10.9. The molecule has 358 valence electrons. The highest BCUT2D eigenvalue weighted by atomic mass is 15.2. The van der Waals surface area contributed by atoms with E-state index in [-0.39, 0.29) is 26.9 Å². The van der Waals surface area contributed by atoms with E-state index < -0.39 is 0 Å². The number of hydrogen-bond acceptors (Lipinski definition) is 6. The van der Waals surface area contributed by atoms with Gasteiger partial charge in [0.05, 0.1) is 0 Å². The van der Waals surface area contributed by atoms with Crippen LogP contribution in [-0.4, -0.2) is 54.3 Å². The monoisotopic (exact) mass is 1000 g/mol. The Hall–Kier alpha value is -9.39. The molecular weight excluding hydrogens is 966 g/mol. The van der Waals surface area contributed by atoms with Crippen molar-refractivity contribution < 1.29 is 0 Å². The molecule has 12 heteroatoms. The van der Waals surface area contributed by atoms with Crippen molar-refractivity contribution in [1.82, 2.24) is 0 Å². The van der Waals surface area contributed by atoms with Crippen LogP contribution in [0, 0.1) is 0 Å². The highest BCUT2D eigenvalue weighted by molar-refractivity contribution is 7.04. The summed E-state index contributed by atoms with van der Waals surface area (Å²) in [6, 6.07) is 74.2. The molecule has 10 heterocycles. The lowest BCUT2D eigenvalue weighted by molar-refractivity contribution is 1.15. The van der Waals surface area contributed by atoms with Gasteiger partial charge in [0.2, 0.25) is 13.4 Å². The molecule has 0 atom stereocenters. The predicted molar refractivity (Wildman–Crippen MR) is 344 cm³/mol. The maximum Gasteiger partial charge on any atom is 0.252 e. The Morgan fingerprint density at radius 3 is 1.10 bits per heavy atom. The smallest absolute Gasteiger partial charge is 0.252 e. The van der Waals surface area contributed by atoms with E-state index in [1.807, 2.05) is 0 Å². The minimum absolute atomic E-state index is 0.0210. The number of fused-ring (bicyclic) bond motifs is 27. The summed E-state index contributed by atoms with van der Waals surface area (Å²) in [5.41, 5.74) is 36.9. The lowest BCUT2D eigenvalue weighted by atomic mass is 9.29. The second kappa shape index (κ2) is 13.7. The molecule has 0 aliphatic carbocycles. The van der Waals surface area contributed by atoms with Gasteiger partial charge < -0.3 is 30.2 Å². The molecule has 2 radical (unpaired) electrons. The third kappa shape index (κ3) is 4.41. The van der Waals surface area contributed by atoms with Crippen molar-refractivity contribution in [2.24, 2.45) is 0 Å². The zero-order chi connectivity index (χ0) is 51.1. The summed E-state index contributed by atoms with van der Waals surface area (Å²) in [6.45, 7) is 0.259. The van der Waals surface area contributed by atoms with Crippen LogP contribution in [-0.2, 0) is 0 Å². The van der Waals surface area contributed by atoms with Gasteiger partial charge in [-0.1, -0.05) is 157 Å². The number of nitrogens with one attached hydrogen (secondary N) is 2. The van der Waals surface area contributed by atoms with Gasteiger partial charge >= 0.3 is 0 Å². The van der Waals surface area contributed by atoms with Crippen molar-refractivity contribution >= 4 is 230 Å². The van der Waals surface area contributed by atoms with Crippen molar-refractivity contribution in [3.63, 3.8) is 0 Å². The molecule has 80 heavy (non-hydrogen) atoms. The van der Waals surface area contributed by atoms with Crippen molar-refractivity contribution in [2.75, 3.05) is 43.1 Å². The van der Waals surface area contributed by atoms with E-state index in [4.69, 9.17) is 0 Å². The molecule has 2 N–H and O–H groups in total. The average Bonchev–Trinajstić information content (AvgIpc) is 2.28. The minimum Gasteiger partial charge on any atom is -0.356 e. The Bertz CT molecular complexity index is 4760. The Morgan fingerprint density at radius 2 is 0.662 bits per heavy atom. The highest BCUT2D eigenvalue weighted by Crippen LogP contribution is 2.55. The molecule has 0 unspecified atom stereocenters. The van der Waals surface area contributed by atoms with Crippen molar-refractivity contribution in [2.45, 2.75) is 0 Å². The molecule has 6 nitrogen and oxygen atoms in total. The van der Waals surface area contributed by atoms with E-state index in [2.05, 4.69) is 239 Å². The average molecular weight is 1000 g/mol. The maximum atomic E-state index is 4.38. The van der Waals surface area contributed by atoms with Gasteiger partial charge in [-0.25, -0.2) is 0 Å². The molecule has 0 fully saturated rings. The van der Waals surface area contributed by atoms with Crippen LogP contribution in [0.5, 0.6) is 0 Å². The van der Waals surface area contributed by atoms with Crippen LogP contribution in [0.4, 0.5) is 79.6 Å². The first kappa shape index (κ1) is 40.8. The Labute approximate surface area is 464 Å². The van der Waals surface area contributed by atoms with Crippen LogP contribution in [0.2, 0.25) is 0 Å². The Morgan fingerprint density at radius 1 is 0.312 bits per heavy atom. The summed E-state index contributed by atoms with van der Waals surface area (Å²) < 4.78 is 0. The second-order valence-electron chi connectivity index (χ2n) is 23.8. The summed E-state index contributed by atoms with van der Waals surface area (Å²) in [6.07, 6.45) is 1.67. The third-order valence-electron chi connectivity index (χ3n) is 20.6. The standard InChI is InChI=1S/C68H38B6N6/c1-11-27-45-35(17-1)69-57-51-52(54-55-59-67-62-64(54)76-44-26-10-4-20-38(44)74(62)42-24-8-15-31-49(42)79(67)47-29-13-5-21-39(47)71(59)33-77(45)65(55)57)58-66-56-53(51)63-61-68-60(56)72(34-78(66)46-28-12-2-18-36(46)70-58)40-22-6-14-30-48(40)80(68)50-32-16-7-23-41(50)73(61)37-19-3-9-25-43(37)75-63/h1-32,75-76H,33-34H2. The highest BCUT2D eigenvalue weighted by Gasteiger charge is 2.54. The molecule has 0 aromatic heterocycles. The van der Waals surface area contributed by atoms with Crippen LogP contribution >= 0.6 is 0 Å². The first-order valence-corrected chi connectivity index (χ1v) is 28.6. The van der Waals surface area contributed by atoms with Gasteiger partial charge in [0, 0.05) is 114 Å². The molecule has 22 rings (SSSR count). The molecule has 0 saturated carbocycles. The maximum absolute atomic E-state index is 4.38. The van der Waals surface area contributed by atoms with Crippen LogP contribution in [0.3, 0.4) is 0 Å². The fraction of sp³-hybridized carbons (Fsp3) is 0.0294. The molecule has 0 amide bonds. The normalized spacial score (nSPS) is 15.8. The van der Waals surface area contributed by atoms with Crippen LogP contribution < -0.4 is 107 Å². The lowest BCUT2D eigenvalue weighted by Gasteiger charge is -2.52. The van der Waals surface area contributed by atoms with Crippen LogP contribution in [0.25, 0.3) is 32.3 Å². The quantitative estimate of drug-likeness (QED) is 0.165. The summed E-state index contributed by atoms with van der Waals surface area (Å²) >= 11 is 0. The molecule has 0 saturated heterocycles. The first-order valence-electron chi connectivity index (χ1n) is 28.6. The Balaban J connectivity index is 1.03. The lowest BCUT2D eigenvalue weighted by Crippen LogP contribution is -2.68. The van der Waals surface area contributed by atoms with E-state index >= 15 is 0 Å². The number of para-hydroxylation sites is 8. The topological polar surface area (TPSA) is 37.0 Å². The fourth-order valence-electron chi connectivity index (χ4n) is 17.9. The van der Waals surface area contributed by atoms with Crippen molar-refractivity contribution in [3.8, 4) is 0 Å². The van der Waals surface area contributed by atoms with E-state index in [1.54, 1.807) is 0 Å². The SMILES string of the molecule is [B]1c2ccccc2N2CB3c4ccccc4N4c5ccccc5B5c6ccccc6Nc6c5c4c3c3c2c1c1c2c4c5c7c8c2c2c(c1c63)[B]c1ccccc1N2CB8c1ccccc1N7c1ccccc1B5c1ccccc1N4. The Kier molecular flexibility index (Phi) is 6.99. The second-order valence-corrected chi connectivity index (χ2v) is 23.8. The van der Waals surface area contributed by atoms with Crippen LogP contribution in [0.1, 0.15) is 0 Å². The molecule has 12 aromatic rings. The van der Waals surface area contributed by atoms with Gasteiger partial charge in [0.15, 0.2) is 14.6 Å². The summed E-state index contributed by atoms with van der Waals surface area (Å²) in [5, 5.41) is 16.9. The molecule has 0 spiro atoms. The van der Waals surface area contributed by atoms with Crippen molar-refractivity contribution in [1.29, 1.82) is 0 Å². The van der Waals surface area contributed by atoms with E-state index in [0.29, 0.717) is 0 Å². The zero-order valence-electron chi connectivity index (χ0n) is 43.1. The number of nitrogens with zero attached hydrogens (tertiary/aromatic N) is 4. The minimum atomic E-state index is 0.0210. The summed E-state index contributed by atoms with van der Waals surface area (Å²) in [5.74, 6) is 0. The van der Waals surface area contributed by atoms with Gasteiger partial charge in [-0.2, -0.15) is 0 Å². The number of hydrogen-bond donors (Lipinski definition) is 2. The molecule has 10 aliphatic heterocycles. The zero-order valence-corrected chi connectivity index (χ0v) is 43.1. The molecular formula is C68H38B6N6. The van der Waals surface area contributed by atoms with Crippen LogP contribution in [0.15, 0.2) is 194 Å². The fourth-order valence-corrected chi connectivity index (χ4v) is 17.9. The van der Waals surface area contributed by atoms with Gasteiger partial charge in [0.1, 0.15) is 0 Å². The summed E-state index contributed by atoms with van der Waals surface area (Å²) in [7, 11) is 5.20. The molecule has 12 aromatic carbocycles. The van der Waals surface area contributed by atoms with Crippen molar-refractivity contribution in [3.05, 3.63) is 194 Å². The first-order chi connectivity index (χ1) is 39.8. The van der Waals surface area contributed by atoms with Gasteiger partial charge in [-0.05, 0) is 125 Å².